The second kappa shape index (κ2) is 6.13. The fourth-order valence-electron chi connectivity index (χ4n) is 1.81. The SMILES string of the molecule is Cc1ccc(C(C)NCc2ccncc2Cl)cc1F. The number of halogens is 2. The molecule has 4 heteroatoms. The summed E-state index contributed by atoms with van der Waals surface area (Å²) in [6, 6.07) is 7.23. The third kappa shape index (κ3) is 3.52. The smallest absolute Gasteiger partial charge is 0.126 e. The van der Waals surface area contributed by atoms with Gasteiger partial charge < -0.3 is 5.32 Å². The van der Waals surface area contributed by atoms with Gasteiger partial charge in [-0.1, -0.05) is 23.7 Å². The third-order valence-electron chi connectivity index (χ3n) is 3.15. The van der Waals surface area contributed by atoms with Gasteiger partial charge in [0.15, 0.2) is 0 Å². The highest BCUT2D eigenvalue weighted by Gasteiger charge is 2.08. The standard InChI is InChI=1S/C15H16ClFN2/c1-10-3-4-12(7-15(10)17)11(2)19-8-13-5-6-18-9-14(13)16/h3-7,9,11,19H,8H2,1-2H3. The van der Waals surface area contributed by atoms with Gasteiger partial charge in [-0.25, -0.2) is 4.39 Å². The summed E-state index contributed by atoms with van der Waals surface area (Å²) in [7, 11) is 0. The summed E-state index contributed by atoms with van der Waals surface area (Å²) in [5, 5.41) is 3.96. The molecular formula is C15H16ClFN2. The Morgan fingerprint density at radius 2 is 2.16 bits per heavy atom. The van der Waals surface area contributed by atoms with Crippen molar-refractivity contribution in [3.63, 3.8) is 0 Å². The number of hydrogen-bond donors (Lipinski definition) is 1. The fourth-order valence-corrected chi connectivity index (χ4v) is 1.99. The van der Waals surface area contributed by atoms with Crippen LogP contribution in [0.3, 0.4) is 0 Å². The monoisotopic (exact) mass is 278 g/mol. The van der Waals surface area contributed by atoms with Gasteiger partial charge in [0.1, 0.15) is 5.82 Å². The lowest BCUT2D eigenvalue weighted by Crippen LogP contribution is -2.18. The average Bonchev–Trinajstić information content (AvgIpc) is 2.40. The summed E-state index contributed by atoms with van der Waals surface area (Å²) < 4.78 is 13.5. The number of nitrogens with zero attached hydrogens (tertiary/aromatic N) is 1. The number of rotatable bonds is 4. The molecule has 0 aliphatic carbocycles. The molecule has 2 nitrogen and oxygen atoms in total. The van der Waals surface area contributed by atoms with Crippen LogP contribution in [0.2, 0.25) is 5.02 Å². The minimum atomic E-state index is -0.173. The van der Waals surface area contributed by atoms with Gasteiger partial charge in [0.05, 0.1) is 5.02 Å². The predicted molar refractivity (Wildman–Crippen MR) is 75.6 cm³/mol. The van der Waals surface area contributed by atoms with Crippen molar-refractivity contribution >= 4 is 11.6 Å². The molecule has 1 heterocycles. The maximum Gasteiger partial charge on any atom is 0.126 e. The first kappa shape index (κ1) is 14.0. The van der Waals surface area contributed by atoms with Crippen LogP contribution in [0.25, 0.3) is 0 Å². The molecule has 1 N–H and O–H groups in total. The van der Waals surface area contributed by atoms with E-state index in [0.717, 1.165) is 11.1 Å². The summed E-state index contributed by atoms with van der Waals surface area (Å²) >= 11 is 6.04. The highest BCUT2D eigenvalue weighted by molar-refractivity contribution is 6.31. The van der Waals surface area contributed by atoms with Gasteiger partial charge in [-0.15, -0.1) is 0 Å². The molecule has 0 bridgehead atoms. The molecule has 2 rings (SSSR count). The summed E-state index contributed by atoms with van der Waals surface area (Å²) in [5.74, 6) is -0.173. The summed E-state index contributed by atoms with van der Waals surface area (Å²) in [6.45, 7) is 4.38. The lowest BCUT2D eigenvalue weighted by molar-refractivity contribution is 0.563. The van der Waals surface area contributed by atoms with Gasteiger partial charge in [-0.05, 0) is 42.7 Å². The summed E-state index contributed by atoms with van der Waals surface area (Å²) in [6.07, 6.45) is 3.33. The third-order valence-corrected chi connectivity index (χ3v) is 3.49. The van der Waals surface area contributed by atoms with Crippen LogP contribution in [-0.2, 0) is 6.54 Å². The van der Waals surface area contributed by atoms with Crippen molar-refractivity contribution < 1.29 is 4.39 Å². The zero-order valence-corrected chi connectivity index (χ0v) is 11.7. The van der Waals surface area contributed by atoms with E-state index in [1.807, 2.05) is 19.1 Å². The summed E-state index contributed by atoms with van der Waals surface area (Å²) in [5.41, 5.74) is 2.57. The van der Waals surface area contributed by atoms with Crippen molar-refractivity contribution in [3.8, 4) is 0 Å². The minimum Gasteiger partial charge on any atom is -0.306 e. The van der Waals surface area contributed by atoms with Crippen molar-refractivity contribution in [3.05, 3.63) is 64.2 Å². The highest BCUT2D eigenvalue weighted by Crippen LogP contribution is 2.18. The van der Waals surface area contributed by atoms with E-state index in [9.17, 15) is 4.39 Å². The van der Waals surface area contributed by atoms with Crippen LogP contribution in [0.5, 0.6) is 0 Å². The number of nitrogens with one attached hydrogen (secondary N) is 1. The van der Waals surface area contributed by atoms with Gasteiger partial charge in [0.25, 0.3) is 0 Å². The van der Waals surface area contributed by atoms with Crippen molar-refractivity contribution in [2.45, 2.75) is 26.4 Å². The molecule has 0 saturated heterocycles. The number of pyridine rings is 1. The second-order valence-electron chi connectivity index (χ2n) is 4.58. The Kier molecular flexibility index (Phi) is 4.51. The van der Waals surface area contributed by atoms with E-state index in [1.54, 1.807) is 31.5 Å². The van der Waals surface area contributed by atoms with Gasteiger partial charge in [-0.2, -0.15) is 0 Å². The number of aryl methyl sites for hydroxylation is 1. The van der Waals surface area contributed by atoms with Gasteiger partial charge in [0.2, 0.25) is 0 Å². The topological polar surface area (TPSA) is 24.9 Å². The van der Waals surface area contributed by atoms with E-state index in [2.05, 4.69) is 10.3 Å². The zero-order valence-electron chi connectivity index (χ0n) is 11.0. The van der Waals surface area contributed by atoms with Crippen LogP contribution in [-0.4, -0.2) is 4.98 Å². The van der Waals surface area contributed by atoms with Crippen molar-refractivity contribution in [1.82, 2.24) is 10.3 Å². The van der Waals surface area contributed by atoms with Crippen LogP contribution in [0.15, 0.2) is 36.7 Å². The number of benzene rings is 1. The molecule has 0 aliphatic heterocycles. The van der Waals surface area contributed by atoms with Crippen molar-refractivity contribution in [2.75, 3.05) is 0 Å². The molecule has 1 aromatic carbocycles. The molecule has 2 aromatic rings. The van der Waals surface area contributed by atoms with E-state index < -0.39 is 0 Å². The van der Waals surface area contributed by atoms with Gasteiger partial charge in [0, 0.05) is 25.0 Å². The summed E-state index contributed by atoms with van der Waals surface area (Å²) in [4.78, 5) is 3.94. The molecule has 1 atom stereocenters. The molecule has 19 heavy (non-hydrogen) atoms. The Hall–Kier alpha value is -1.45. The van der Waals surface area contributed by atoms with Crippen LogP contribution < -0.4 is 5.32 Å². The van der Waals surface area contributed by atoms with Crippen LogP contribution >= 0.6 is 11.6 Å². The molecule has 0 amide bonds. The second-order valence-corrected chi connectivity index (χ2v) is 4.99. The fraction of sp³-hybridized carbons (Fsp3) is 0.267. The molecule has 0 radical (unpaired) electrons. The lowest BCUT2D eigenvalue weighted by Gasteiger charge is -2.15. The Bertz CT molecular complexity index is 572. The molecular weight excluding hydrogens is 263 g/mol. The molecule has 0 aliphatic rings. The van der Waals surface area contributed by atoms with Crippen LogP contribution in [0.1, 0.15) is 29.7 Å². The largest absolute Gasteiger partial charge is 0.306 e. The zero-order chi connectivity index (χ0) is 13.8. The highest BCUT2D eigenvalue weighted by atomic mass is 35.5. The van der Waals surface area contributed by atoms with Crippen molar-refractivity contribution in [1.29, 1.82) is 0 Å². The van der Waals surface area contributed by atoms with E-state index in [1.165, 1.54) is 0 Å². The lowest BCUT2D eigenvalue weighted by atomic mass is 10.1. The normalized spacial score (nSPS) is 12.4. The van der Waals surface area contributed by atoms with E-state index in [4.69, 9.17) is 11.6 Å². The first-order valence-electron chi connectivity index (χ1n) is 6.15. The molecule has 1 unspecified atom stereocenters. The molecule has 0 saturated carbocycles. The van der Waals surface area contributed by atoms with Gasteiger partial charge in [-0.3, -0.25) is 4.98 Å². The first-order valence-corrected chi connectivity index (χ1v) is 6.53. The predicted octanol–water partition coefficient (Wildman–Crippen LogP) is 4.03. The van der Waals surface area contributed by atoms with E-state index >= 15 is 0 Å². The first-order chi connectivity index (χ1) is 9.08. The van der Waals surface area contributed by atoms with Gasteiger partial charge >= 0.3 is 0 Å². The Balaban J connectivity index is 2.03. The average molecular weight is 279 g/mol. The van der Waals surface area contributed by atoms with E-state index in [0.29, 0.717) is 17.1 Å². The molecule has 100 valence electrons. The maximum atomic E-state index is 13.5. The molecule has 0 fully saturated rings. The Morgan fingerprint density at radius 1 is 1.37 bits per heavy atom. The molecule has 1 aromatic heterocycles. The van der Waals surface area contributed by atoms with Crippen LogP contribution in [0.4, 0.5) is 4.39 Å². The quantitative estimate of drug-likeness (QED) is 0.913. The maximum absolute atomic E-state index is 13.5. The van der Waals surface area contributed by atoms with E-state index in [-0.39, 0.29) is 11.9 Å². The Labute approximate surface area is 117 Å². The Morgan fingerprint density at radius 3 is 2.84 bits per heavy atom. The number of hydrogen-bond acceptors (Lipinski definition) is 2. The molecule has 0 spiro atoms. The number of aromatic nitrogens is 1. The minimum absolute atomic E-state index is 0.0549. The van der Waals surface area contributed by atoms with Crippen LogP contribution in [0, 0.1) is 12.7 Å². The van der Waals surface area contributed by atoms with Crippen molar-refractivity contribution in [2.24, 2.45) is 0 Å².